The molecule has 0 atom stereocenters. The standard InChI is InChI=1S/C15H12N4O/c20-15(19-18-9-11-4-2-1-3-5-11)12-6-7-13-14(8-12)17-10-16-13/h1-10H,(H,16,17)(H,19,20)/b18-9+. The molecule has 0 bridgehead atoms. The number of H-pyrrole nitrogens is 1. The first-order valence-corrected chi connectivity index (χ1v) is 6.14. The molecule has 5 nitrogen and oxygen atoms in total. The molecule has 0 aliphatic carbocycles. The van der Waals surface area contributed by atoms with Crippen molar-refractivity contribution in [2.45, 2.75) is 0 Å². The first-order chi connectivity index (χ1) is 9.83. The topological polar surface area (TPSA) is 70.1 Å². The summed E-state index contributed by atoms with van der Waals surface area (Å²) < 4.78 is 0. The molecule has 0 aliphatic heterocycles. The third kappa shape index (κ3) is 2.56. The van der Waals surface area contributed by atoms with Crippen LogP contribution in [0.15, 0.2) is 60.0 Å². The number of hydrogen-bond donors (Lipinski definition) is 2. The number of rotatable bonds is 3. The van der Waals surface area contributed by atoms with E-state index in [2.05, 4.69) is 20.5 Å². The van der Waals surface area contributed by atoms with E-state index in [9.17, 15) is 4.79 Å². The Balaban J connectivity index is 1.71. The lowest BCUT2D eigenvalue weighted by atomic mass is 10.2. The number of hydrogen-bond acceptors (Lipinski definition) is 3. The number of aromatic nitrogens is 2. The Morgan fingerprint density at radius 2 is 2.05 bits per heavy atom. The minimum Gasteiger partial charge on any atom is -0.345 e. The summed E-state index contributed by atoms with van der Waals surface area (Å²) in [4.78, 5) is 19.0. The highest BCUT2D eigenvalue weighted by molar-refractivity contribution is 5.97. The minimum absolute atomic E-state index is 0.256. The molecule has 20 heavy (non-hydrogen) atoms. The molecule has 0 saturated heterocycles. The highest BCUT2D eigenvalue weighted by atomic mass is 16.2. The molecule has 2 aromatic carbocycles. The molecule has 1 heterocycles. The predicted octanol–water partition coefficient (Wildman–Crippen LogP) is 2.33. The predicted molar refractivity (Wildman–Crippen MR) is 77.6 cm³/mol. The summed E-state index contributed by atoms with van der Waals surface area (Å²) in [6.45, 7) is 0. The molecule has 5 heteroatoms. The number of benzene rings is 2. The summed E-state index contributed by atoms with van der Waals surface area (Å²) in [7, 11) is 0. The maximum absolute atomic E-state index is 11.9. The lowest BCUT2D eigenvalue weighted by Gasteiger charge is -1.99. The first kappa shape index (κ1) is 12.1. The van der Waals surface area contributed by atoms with Gasteiger partial charge in [-0.2, -0.15) is 5.10 Å². The summed E-state index contributed by atoms with van der Waals surface area (Å²) >= 11 is 0. The lowest BCUT2D eigenvalue weighted by molar-refractivity contribution is 0.0955. The summed E-state index contributed by atoms with van der Waals surface area (Å²) in [6.07, 6.45) is 3.20. The molecule has 1 amide bonds. The van der Waals surface area contributed by atoms with Crippen molar-refractivity contribution in [3.05, 3.63) is 66.0 Å². The van der Waals surface area contributed by atoms with Gasteiger partial charge in [0.2, 0.25) is 0 Å². The number of nitrogens with zero attached hydrogens (tertiary/aromatic N) is 2. The molecule has 0 aliphatic rings. The zero-order valence-corrected chi connectivity index (χ0v) is 10.6. The number of nitrogens with one attached hydrogen (secondary N) is 2. The quantitative estimate of drug-likeness (QED) is 0.563. The number of fused-ring (bicyclic) bond motifs is 1. The Labute approximate surface area is 115 Å². The Morgan fingerprint density at radius 3 is 2.90 bits per heavy atom. The van der Waals surface area contributed by atoms with Crippen molar-refractivity contribution in [2.75, 3.05) is 0 Å². The van der Waals surface area contributed by atoms with E-state index in [4.69, 9.17) is 0 Å². The molecule has 3 aromatic rings. The number of hydrazone groups is 1. The van der Waals surface area contributed by atoms with Gasteiger partial charge in [-0.05, 0) is 23.8 Å². The van der Waals surface area contributed by atoms with Crippen LogP contribution in [0.4, 0.5) is 0 Å². The lowest BCUT2D eigenvalue weighted by Crippen LogP contribution is -2.17. The van der Waals surface area contributed by atoms with E-state index in [1.807, 2.05) is 30.3 Å². The first-order valence-electron chi connectivity index (χ1n) is 6.14. The van der Waals surface area contributed by atoms with E-state index in [1.54, 1.807) is 30.7 Å². The number of carbonyl (C=O) groups excluding carboxylic acids is 1. The van der Waals surface area contributed by atoms with Crippen LogP contribution >= 0.6 is 0 Å². The second kappa shape index (κ2) is 5.36. The minimum atomic E-state index is -0.256. The highest BCUT2D eigenvalue weighted by Crippen LogP contribution is 2.11. The van der Waals surface area contributed by atoms with Crippen molar-refractivity contribution in [2.24, 2.45) is 5.10 Å². The maximum Gasteiger partial charge on any atom is 0.271 e. The summed E-state index contributed by atoms with van der Waals surface area (Å²) in [5.74, 6) is -0.256. The van der Waals surface area contributed by atoms with Gasteiger partial charge in [0.15, 0.2) is 0 Å². The SMILES string of the molecule is O=C(N/N=C/c1ccccc1)c1ccc2nc[nH]c2c1. The number of amides is 1. The van der Waals surface area contributed by atoms with Crippen LogP contribution in [-0.2, 0) is 0 Å². The fourth-order valence-electron chi connectivity index (χ4n) is 1.85. The molecule has 98 valence electrons. The van der Waals surface area contributed by atoms with Crippen molar-refractivity contribution in [3.8, 4) is 0 Å². The average Bonchev–Trinajstić information content (AvgIpc) is 2.95. The van der Waals surface area contributed by atoms with Crippen LogP contribution in [0.3, 0.4) is 0 Å². The number of imidazole rings is 1. The van der Waals surface area contributed by atoms with E-state index in [-0.39, 0.29) is 5.91 Å². The Morgan fingerprint density at radius 1 is 1.20 bits per heavy atom. The van der Waals surface area contributed by atoms with E-state index in [0.717, 1.165) is 16.6 Å². The van der Waals surface area contributed by atoms with Crippen LogP contribution < -0.4 is 5.43 Å². The normalized spacial score (nSPS) is 11.0. The van der Waals surface area contributed by atoms with Gasteiger partial charge in [0.1, 0.15) is 0 Å². The van der Waals surface area contributed by atoms with Gasteiger partial charge in [0.25, 0.3) is 5.91 Å². The molecular formula is C15H12N4O. The number of aromatic amines is 1. The molecule has 0 unspecified atom stereocenters. The van der Waals surface area contributed by atoms with Gasteiger partial charge in [-0.15, -0.1) is 0 Å². The van der Waals surface area contributed by atoms with Gasteiger partial charge in [-0.25, -0.2) is 10.4 Å². The second-order valence-corrected chi connectivity index (χ2v) is 4.24. The van der Waals surface area contributed by atoms with Crippen LogP contribution in [-0.4, -0.2) is 22.1 Å². The second-order valence-electron chi connectivity index (χ2n) is 4.24. The van der Waals surface area contributed by atoms with Gasteiger partial charge in [0, 0.05) is 5.56 Å². The van der Waals surface area contributed by atoms with Crippen LogP contribution in [0.1, 0.15) is 15.9 Å². The Hall–Kier alpha value is -2.95. The highest BCUT2D eigenvalue weighted by Gasteiger charge is 2.05. The van der Waals surface area contributed by atoms with Crippen LogP contribution in [0, 0.1) is 0 Å². The smallest absolute Gasteiger partial charge is 0.271 e. The van der Waals surface area contributed by atoms with Gasteiger partial charge in [-0.1, -0.05) is 30.3 Å². The summed E-state index contributed by atoms with van der Waals surface area (Å²) in [5.41, 5.74) is 5.61. The molecule has 3 rings (SSSR count). The molecule has 0 spiro atoms. The monoisotopic (exact) mass is 264 g/mol. The molecule has 0 saturated carbocycles. The van der Waals surface area contributed by atoms with Gasteiger partial charge in [0.05, 0.1) is 23.6 Å². The third-order valence-corrected chi connectivity index (χ3v) is 2.86. The molecule has 0 radical (unpaired) electrons. The largest absolute Gasteiger partial charge is 0.345 e. The van der Waals surface area contributed by atoms with E-state index in [1.165, 1.54) is 0 Å². The van der Waals surface area contributed by atoms with Crippen molar-refractivity contribution >= 4 is 23.2 Å². The average molecular weight is 264 g/mol. The van der Waals surface area contributed by atoms with Crippen LogP contribution in [0.5, 0.6) is 0 Å². The fourth-order valence-corrected chi connectivity index (χ4v) is 1.85. The number of carbonyl (C=O) groups is 1. The molecule has 0 fully saturated rings. The zero-order chi connectivity index (χ0) is 13.8. The fraction of sp³-hybridized carbons (Fsp3) is 0. The van der Waals surface area contributed by atoms with Gasteiger partial charge < -0.3 is 4.98 Å². The van der Waals surface area contributed by atoms with Crippen molar-refractivity contribution in [3.63, 3.8) is 0 Å². The van der Waals surface area contributed by atoms with E-state index < -0.39 is 0 Å². The zero-order valence-electron chi connectivity index (χ0n) is 10.6. The Bertz CT molecular complexity index is 762. The van der Waals surface area contributed by atoms with Crippen LogP contribution in [0.2, 0.25) is 0 Å². The van der Waals surface area contributed by atoms with E-state index in [0.29, 0.717) is 5.56 Å². The van der Waals surface area contributed by atoms with Gasteiger partial charge in [-0.3, -0.25) is 4.79 Å². The third-order valence-electron chi connectivity index (χ3n) is 2.86. The summed E-state index contributed by atoms with van der Waals surface area (Å²) in [6, 6.07) is 14.8. The van der Waals surface area contributed by atoms with Crippen molar-refractivity contribution in [1.82, 2.24) is 15.4 Å². The summed E-state index contributed by atoms with van der Waals surface area (Å²) in [5, 5.41) is 3.94. The van der Waals surface area contributed by atoms with Gasteiger partial charge >= 0.3 is 0 Å². The van der Waals surface area contributed by atoms with E-state index >= 15 is 0 Å². The van der Waals surface area contributed by atoms with Crippen molar-refractivity contribution < 1.29 is 4.79 Å². The molecule has 1 aromatic heterocycles. The van der Waals surface area contributed by atoms with Crippen molar-refractivity contribution in [1.29, 1.82) is 0 Å². The Kier molecular flexibility index (Phi) is 3.24. The molecular weight excluding hydrogens is 252 g/mol. The maximum atomic E-state index is 11.9. The van der Waals surface area contributed by atoms with Crippen LogP contribution in [0.25, 0.3) is 11.0 Å². The molecule has 2 N–H and O–H groups in total.